The first-order chi connectivity index (χ1) is 8.13. The average molecular weight is 231 g/mol. The molecule has 0 saturated heterocycles. The highest BCUT2D eigenvalue weighted by atomic mass is 15.2. The zero-order valence-corrected chi connectivity index (χ0v) is 9.99. The predicted molar refractivity (Wildman–Crippen MR) is 68.1 cm³/mol. The molecule has 1 aromatic carbocycles. The predicted octanol–water partition coefficient (Wildman–Crippen LogP) is 1.16. The van der Waals surface area contributed by atoms with Gasteiger partial charge in [0.2, 0.25) is 0 Å². The summed E-state index contributed by atoms with van der Waals surface area (Å²) in [4.78, 5) is 0. The quantitative estimate of drug-likeness (QED) is 0.471. The second-order valence-electron chi connectivity index (χ2n) is 4.20. The molecule has 0 amide bonds. The van der Waals surface area contributed by atoms with Crippen molar-refractivity contribution in [2.45, 2.75) is 19.9 Å². The minimum Gasteiger partial charge on any atom is -0.384 e. The van der Waals surface area contributed by atoms with E-state index in [1.165, 1.54) is 11.1 Å². The van der Waals surface area contributed by atoms with E-state index in [1.807, 2.05) is 0 Å². The van der Waals surface area contributed by atoms with Crippen LogP contribution in [0.25, 0.3) is 0 Å². The lowest BCUT2D eigenvalue weighted by Crippen LogP contribution is -2.29. The molecule has 2 rings (SSSR count). The van der Waals surface area contributed by atoms with Crippen molar-refractivity contribution in [3.05, 3.63) is 46.6 Å². The van der Waals surface area contributed by atoms with Crippen LogP contribution in [0.15, 0.2) is 24.4 Å². The molecule has 2 aromatic rings. The van der Waals surface area contributed by atoms with Gasteiger partial charge in [-0.15, -0.1) is 0 Å². The van der Waals surface area contributed by atoms with Gasteiger partial charge in [0.15, 0.2) is 0 Å². The molecule has 0 aliphatic rings. The molecule has 1 aromatic heterocycles. The zero-order valence-electron chi connectivity index (χ0n) is 9.99. The van der Waals surface area contributed by atoms with Crippen LogP contribution in [0, 0.1) is 13.8 Å². The lowest BCUT2D eigenvalue weighted by molar-refractivity contribution is 0.635. The number of hydrazine groups is 1. The Morgan fingerprint density at radius 2 is 2.06 bits per heavy atom. The lowest BCUT2D eigenvalue weighted by Gasteiger charge is -2.18. The molecule has 5 heteroatoms. The Morgan fingerprint density at radius 1 is 1.29 bits per heavy atom. The highest BCUT2D eigenvalue weighted by Crippen LogP contribution is 2.27. The summed E-state index contributed by atoms with van der Waals surface area (Å²) >= 11 is 0. The number of nitrogen functional groups attached to an aromatic ring is 1. The summed E-state index contributed by atoms with van der Waals surface area (Å²) in [6.07, 6.45) is 1.70. The average Bonchev–Trinajstić information content (AvgIpc) is 2.71. The van der Waals surface area contributed by atoms with E-state index in [2.05, 4.69) is 47.7 Å². The topological polar surface area (TPSA) is 92.7 Å². The number of aromatic amines is 1. The van der Waals surface area contributed by atoms with Crippen LogP contribution in [0.4, 0.5) is 5.82 Å². The van der Waals surface area contributed by atoms with Crippen LogP contribution in [0.1, 0.15) is 28.3 Å². The van der Waals surface area contributed by atoms with Crippen molar-refractivity contribution in [2.75, 3.05) is 5.73 Å². The summed E-state index contributed by atoms with van der Waals surface area (Å²) < 4.78 is 0. The minimum atomic E-state index is -0.145. The van der Waals surface area contributed by atoms with Gasteiger partial charge < -0.3 is 5.73 Å². The first-order valence-corrected chi connectivity index (χ1v) is 5.45. The monoisotopic (exact) mass is 231 g/mol. The van der Waals surface area contributed by atoms with Crippen molar-refractivity contribution in [1.29, 1.82) is 0 Å². The van der Waals surface area contributed by atoms with E-state index in [4.69, 9.17) is 11.6 Å². The molecule has 0 aliphatic carbocycles. The van der Waals surface area contributed by atoms with Crippen LogP contribution < -0.4 is 17.0 Å². The van der Waals surface area contributed by atoms with E-state index >= 15 is 0 Å². The van der Waals surface area contributed by atoms with Gasteiger partial charge in [0.25, 0.3) is 0 Å². The van der Waals surface area contributed by atoms with Crippen LogP contribution >= 0.6 is 0 Å². The molecule has 5 nitrogen and oxygen atoms in total. The molecule has 0 saturated carbocycles. The Labute approximate surface area is 100 Å². The molecular weight excluding hydrogens is 214 g/mol. The number of hydrogen-bond donors (Lipinski definition) is 4. The standard InChI is InChI=1S/C12H17N5/c1-7-3-4-8(2)9(5-7)11(16-14)10-6-15-17-12(10)13/h3-6,11,16H,14H2,1-2H3,(H3,13,15,17). The van der Waals surface area contributed by atoms with Crippen LogP contribution in [-0.2, 0) is 0 Å². The van der Waals surface area contributed by atoms with Gasteiger partial charge in [-0.05, 0) is 25.0 Å². The number of nitrogens with one attached hydrogen (secondary N) is 2. The molecule has 0 fully saturated rings. The molecule has 1 atom stereocenters. The number of hydrogen-bond acceptors (Lipinski definition) is 4. The molecule has 0 aliphatic heterocycles. The summed E-state index contributed by atoms with van der Waals surface area (Å²) in [5, 5.41) is 6.64. The Bertz CT molecular complexity index is 517. The number of nitrogens with two attached hydrogens (primary N) is 2. The number of aromatic nitrogens is 2. The van der Waals surface area contributed by atoms with E-state index in [0.717, 1.165) is 11.1 Å². The summed E-state index contributed by atoms with van der Waals surface area (Å²) in [6, 6.07) is 6.11. The number of rotatable bonds is 3. The maximum atomic E-state index is 5.83. The fraction of sp³-hybridized carbons (Fsp3) is 0.250. The molecule has 1 heterocycles. The molecular formula is C12H17N5. The number of aryl methyl sites for hydroxylation is 2. The maximum absolute atomic E-state index is 5.83. The van der Waals surface area contributed by atoms with E-state index in [-0.39, 0.29) is 6.04 Å². The number of benzene rings is 1. The third-order valence-corrected chi connectivity index (χ3v) is 2.92. The van der Waals surface area contributed by atoms with Crippen LogP contribution in [0.2, 0.25) is 0 Å². The summed E-state index contributed by atoms with van der Waals surface area (Å²) in [6.45, 7) is 4.10. The van der Waals surface area contributed by atoms with Gasteiger partial charge in [0, 0.05) is 5.56 Å². The normalized spacial score (nSPS) is 12.6. The van der Waals surface area contributed by atoms with Crippen LogP contribution in [-0.4, -0.2) is 10.2 Å². The van der Waals surface area contributed by atoms with Crippen molar-refractivity contribution in [3.8, 4) is 0 Å². The lowest BCUT2D eigenvalue weighted by atomic mass is 9.95. The SMILES string of the molecule is Cc1ccc(C)c(C(NN)c2cn[nH]c2N)c1. The van der Waals surface area contributed by atoms with Gasteiger partial charge in [-0.25, -0.2) is 5.43 Å². The van der Waals surface area contributed by atoms with E-state index in [0.29, 0.717) is 5.82 Å². The third-order valence-electron chi connectivity index (χ3n) is 2.92. The fourth-order valence-electron chi connectivity index (χ4n) is 1.95. The second kappa shape index (κ2) is 4.57. The van der Waals surface area contributed by atoms with Gasteiger partial charge in [-0.1, -0.05) is 23.8 Å². The second-order valence-corrected chi connectivity index (χ2v) is 4.20. The number of nitrogens with zero attached hydrogens (tertiary/aromatic N) is 1. The Balaban J connectivity index is 2.49. The van der Waals surface area contributed by atoms with Gasteiger partial charge in [0.05, 0.1) is 12.2 Å². The molecule has 0 bridgehead atoms. The van der Waals surface area contributed by atoms with E-state index < -0.39 is 0 Å². The van der Waals surface area contributed by atoms with E-state index in [1.54, 1.807) is 6.20 Å². The molecule has 1 unspecified atom stereocenters. The Kier molecular flexibility index (Phi) is 3.12. The minimum absolute atomic E-state index is 0.145. The highest BCUT2D eigenvalue weighted by molar-refractivity contribution is 5.46. The first-order valence-electron chi connectivity index (χ1n) is 5.45. The smallest absolute Gasteiger partial charge is 0.124 e. The van der Waals surface area contributed by atoms with Gasteiger partial charge in [-0.2, -0.15) is 5.10 Å². The number of anilines is 1. The van der Waals surface area contributed by atoms with Crippen molar-refractivity contribution in [1.82, 2.24) is 15.6 Å². The maximum Gasteiger partial charge on any atom is 0.124 e. The van der Waals surface area contributed by atoms with Crippen molar-refractivity contribution in [2.24, 2.45) is 5.84 Å². The first kappa shape index (κ1) is 11.6. The third kappa shape index (κ3) is 2.15. The Hall–Kier alpha value is -1.85. The fourth-order valence-corrected chi connectivity index (χ4v) is 1.95. The molecule has 0 spiro atoms. The largest absolute Gasteiger partial charge is 0.384 e. The molecule has 0 radical (unpaired) electrons. The van der Waals surface area contributed by atoms with Crippen LogP contribution in [0.3, 0.4) is 0 Å². The van der Waals surface area contributed by atoms with Gasteiger partial charge in [0.1, 0.15) is 5.82 Å². The summed E-state index contributed by atoms with van der Waals surface area (Å²) in [5.41, 5.74) is 12.9. The highest BCUT2D eigenvalue weighted by Gasteiger charge is 2.18. The molecule has 17 heavy (non-hydrogen) atoms. The molecule has 90 valence electrons. The van der Waals surface area contributed by atoms with Crippen molar-refractivity contribution >= 4 is 5.82 Å². The summed E-state index contributed by atoms with van der Waals surface area (Å²) in [7, 11) is 0. The summed E-state index contributed by atoms with van der Waals surface area (Å²) in [5.74, 6) is 6.17. The van der Waals surface area contributed by atoms with E-state index in [9.17, 15) is 0 Å². The zero-order chi connectivity index (χ0) is 12.4. The van der Waals surface area contributed by atoms with Gasteiger partial charge in [-0.3, -0.25) is 10.9 Å². The van der Waals surface area contributed by atoms with Crippen molar-refractivity contribution < 1.29 is 0 Å². The number of H-pyrrole nitrogens is 1. The van der Waals surface area contributed by atoms with Crippen molar-refractivity contribution in [3.63, 3.8) is 0 Å². The Morgan fingerprint density at radius 3 is 2.65 bits per heavy atom. The van der Waals surface area contributed by atoms with Crippen LogP contribution in [0.5, 0.6) is 0 Å². The molecule has 6 N–H and O–H groups in total. The van der Waals surface area contributed by atoms with Gasteiger partial charge >= 0.3 is 0 Å².